The summed E-state index contributed by atoms with van der Waals surface area (Å²) in [6.45, 7) is 4.00. The topological polar surface area (TPSA) is 94.8 Å². The lowest BCUT2D eigenvalue weighted by molar-refractivity contribution is -0.0987. The average molecular weight is 122 g/mol. The van der Waals surface area contributed by atoms with Gasteiger partial charge in [-0.15, -0.1) is 0 Å². The van der Waals surface area contributed by atoms with Gasteiger partial charge < -0.3 is 24.7 Å². The van der Waals surface area contributed by atoms with Crippen molar-refractivity contribution in [3.8, 4) is 0 Å². The molecule has 0 aromatic rings. The normalized spacial score (nSPS) is 4.38. The summed E-state index contributed by atoms with van der Waals surface area (Å²) in [5, 5.41) is 21.5. The Labute approximate surface area is 46.7 Å². The van der Waals surface area contributed by atoms with Gasteiger partial charge in [0.2, 0.25) is 0 Å². The summed E-state index contributed by atoms with van der Waals surface area (Å²) in [5.41, 5.74) is 0. The molecule has 0 aliphatic rings. The fourth-order valence-corrected chi connectivity index (χ4v) is 0. The molecule has 0 radical (unpaired) electrons. The Bertz CT molecular complexity index is 26.9. The molecule has 0 unspecified atom stereocenters. The van der Waals surface area contributed by atoms with E-state index in [0.717, 1.165) is 0 Å². The van der Waals surface area contributed by atoms with Crippen LogP contribution in [0.1, 0.15) is 0 Å². The number of carbonyl (C=O) groups excluding carboxylic acids is 2. The van der Waals surface area contributed by atoms with Gasteiger partial charge in [-0.2, -0.15) is 0 Å². The van der Waals surface area contributed by atoms with E-state index in [0.29, 0.717) is 0 Å². The molecule has 0 spiro atoms. The molecule has 0 rings (SSSR count). The van der Waals surface area contributed by atoms with E-state index < -0.39 is 7.32 Å². The quantitative estimate of drug-likeness (QED) is 0.310. The maximum absolute atomic E-state index is 8.00. The SMILES string of the molecule is C=O.C=O.OB(O)O. The molecule has 0 atom stereocenters. The summed E-state index contributed by atoms with van der Waals surface area (Å²) < 4.78 is 0. The largest absolute Gasteiger partial charge is 0.631 e. The molecular weight excluding hydrogens is 115 g/mol. The van der Waals surface area contributed by atoms with Crippen LogP contribution < -0.4 is 0 Å². The van der Waals surface area contributed by atoms with E-state index in [4.69, 9.17) is 24.7 Å². The molecule has 0 bridgehead atoms. The molecule has 0 aromatic heterocycles. The molecule has 0 fully saturated rings. The monoisotopic (exact) mass is 122 g/mol. The summed E-state index contributed by atoms with van der Waals surface area (Å²) in [6, 6.07) is 0. The fourth-order valence-electron chi connectivity index (χ4n) is 0. The van der Waals surface area contributed by atoms with Crippen molar-refractivity contribution in [1.29, 1.82) is 0 Å². The van der Waals surface area contributed by atoms with E-state index in [-0.39, 0.29) is 0 Å². The van der Waals surface area contributed by atoms with Crippen molar-refractivity contribution >= 4 is 20.9 Å². The van der Waals surface area contributed by atoms with Crippen molar-refractivity contribution in [3.63, 3.8) is 0 Å². The van der Waals surface area contributed by atoms with Crippen LogP contribution in [0.4, 0.5) is 0 Å². The average Bonchev–Trinajstić information content (AvgIpc) is 1.75. The summed E-state index contributed by atoms with van der Waals surface area (Å²) in [6.07, 6.45) is 0. The van der Waals surface area contributed by atoms with E-state index in [1.165, 1.54) is 0 Å². The van der Waals surface area contributed by atoms with Gasteiger partial charge in [0.1, 0.15) is 13.6 Å². The van der Waals surface area contributed by atoms with E-state index in [1.54, 1.807) is 0 Å². The van der Waals surface area contributed by atoms with Gasteiger partial charge in [0.25, 0.3) is 0 Å². The Morgan fingerprint density at radius 2 is 0.875 bits per heavy atom. The minimum Gasteiger partial charge on any atom is -0.402 e. The molecule has 0 saturated carbocycles. The van der Waals surface area contributed by atoms with Crippen LogP contribution in [0.2, 0.25) is 0 Å². The van der Waals surface area contributed by atoms with Crippen molar-refractivity contribution in [2.45, 2.75) is 0 Å². The molecule has 5 nitrogen and oxygen atoms in total. The summed E-state index contributed by atoms with van der Waals surface area (Å²) in [7, 11) is -2.17. The van der Waals surface area contributed by atoms with Crippen LogP contribution in [0.3, 0.4) is 0 Å². The third-order valence-electron chi connectivity index (χ3n) is 0. The van der Waals surface area contributed by atoms with Crippen molar-refractivity contribution in [2.75, 3.05) is 0 Å². The lowest BCUT2D eigenvalue weighted by Crippen LogP contribution is -2.07. The number of carbonyl (C=O) groups is 2. The van der Waals surface area contributed by atoms with Crippen LogP contribution in [-0.2, 0) is 9.59 Å². The van der Waals surface area contributed by atoms with Gasteiger partial charge in [-0.05, 0) is 0 Å². The van der Waals surface area contributed by atoms with Gasteiger partial charge in [-0.3, -0.25) is 0 Å². The zero-order valence-electron chi connectivity index (χ0n) is 4.15. The molecule has 48 valence electrons. The van der Waals surface area contributed by atoms with Crippen molar-refractivity contribution in [2.24, 2.45) is 0 Å². The number of hydrogen-bond donors (Lipinski definition) is 3. The molecule has 0 aliphatic heterocycles. The highest BCUT2D eigenvalue weighted by atomic mass is 16.5. The second-order valence-corrected chi connectivity index (χ2v) is 0.346. The third kappa shape index (κ3) is 190. The van der Waals surface area contributed by atoms with Gasteiger partial charge >= 0.3 is 7.32 Å². The Kier molecular flexibility index (Phi) is 65.9. The number of hydrogen-bond acceptors (Lipinski definition) is 5. The van der Waals surface area contributed by atoms with Crippen LogP contribution in [0.5, 0.6) is 0 Å². The third-order valence-corrected chi connectivity index (χ3v) is 0. The first-order chi connectivity index (χ1) is 3.73. The second-order valence-electron chi connectivity index (χ2n) is 0.346. The lowest BCUT2D eigenvalue weighted by atomic mass is 10.3. The van der Waals surface area contributed by atoms with Crippen LogP contribution in [0, 0.1) is 0 Å². The van der Waals surface area contributed by atoms with Gasteiger partial charge in [-0.25, -0.2) is 0 Å². The molecule has 0 saturated heterocycles. The molecular formula is C2H7BO5. The summed E-state index contributed by atoms with van der Waals surface area (Å²) in [4.78, 5) is 16.0. The molecule has 0 heterocycles. The van der Waals surface area contributed by atoms with Gasteiger partial charge in [0, 0.05) is 0 Å². The molecule has 0 aromatic carbocycles. The Balaban J connectivity index is -0.0000000542. The molecule has 0 amide bonds. The second kappa shape index (κ2) is 33.6. The Morgan fingerprint density at radius 3 is 0.875 bits per heavy atom. The first kappa shape index (κ1) is 15.7. The van der Waals surface area contributed by atoms with Crippen LogP contribution in [0.25, 0.3) is 0 Å². The minimum atomic E-state index is -2.17. The molecule has 3 N–H and O–H groups in total. The Hall–Kier alpha value is -0.715. The predicted molar refractivity (Wildman–Crippen MR) is 26.7 cm³/mol. The summed E-state index contributed by atoms with van der Waals surface area (Å²) >= 11 is 0. The van der Waals surface area contributed by atoms with Crippen LogP contribution in [-0.4, -0.2) is 36.0 Å². The fraction of sp³-hybridized carbons (Fsp3) is 0. The first-order valence-electron chi connectivity index (χ1n) is 1.35. The molecule has 8 heavy (non-hydrogen) atoms. The van der Waals surface area contributed by atoms with Crippen molar-refractivity contribution in [3.05, 3.63) is 0 Å². The highest BCUT2D eigenvalue weighted by molar-refractivity contribution is 6.30. The van der Waals surface area contributed by atoms with E-state index >= 15 is 0 Å². The highest BCUT2D eigenvalue weighted by Crippen LogP contribution is 1.40. The molecule has 6 heteroatoms. The Morgan fingerprint density at radius 1 is 0.875 bits per heavy atom. The van der Waals surface area contributed by atoms with Crippen molar-refractivity contribution in [1.82, 2.24) is 0 Å². The van der Waals surface area contributed by atoms with E-state index in [9.17, 15) is 0 Å². The van der Waals surface area contributed by atoms with E-state index in [1.807, 2.05) is 13.6 Å². The van der Waals surface area contributed by atoms with Crippen LogP contribution in [0.15, 0.2) is 0 Å². The van der Waals surface area contributed by atoms with Gasteiger partial charge in [0.05, 0.1) is 0 Å². The minimum absolute atomic E-state index is 2.00. The van der Waals surface area contributed by atoms with Gasteiger partial charge in [0.15, 0.2) is 0 Å². The summed E-state index contributed by atoms with van der Waals surface area (Å²) in [5.74, 6) is 0. The van der Waals surface area contributed by atoms with Crippen LogP contribution >= 0.6 is 0 Å². The van der Waals surface area contributed by atoms with Crippen molar-refractivity contribution < 1.29 is 24.7 Å². The van der Waals surface area contributed by atoms with Gasteiger partial charge in [-0.1, -0.05) is 0 Å². The zero-order valence-corrected chi connectivity index (χ0v) is 4.15. The highest BCUT2D eigenvalue weighted by Gasteiger charge is 1.92. The van der Waals surface area contributed by atoms with E-state index in [2.05, 4.69) is 0 Å². The standard InChI is InChI=1S/2CH2O.BH3O3/c2*1-2;2-1(3)4/h2*1H2;2-4H. The maximum Gasteiger partial charge on any atom is 0.631 e. The number of rotatable bonds is 0. The zero-order chi connectivity index (χ0) is 7.58. The first-order valence-corrected chi connectivity index (χ1v) is 1.35. The molecule has 0 aliphatic carbocycles. The lowest BCUT2D eigenvalue weighted by Gasteiger charge is -1.69. The smallest absolute Gasteiger partial charge is 0.402 e. The maximum atomic E-state index is 8.00. The predicted octanol–water partition coefficient (Wildman–Crippen LogP) is -2.42.